The van der Waals surface area contributed by atoms with Crippen molar-refractivity contribution in [3.63, 3.8) is 0 Å². The molecule has 0 radical (unpaired) electrons. The summed E-state index contributed by atoms with van der Waals surface area (Å²) in [4.78, 5) is 0. The van der Waals surface area contributed by atoms with Crippen molar-refractivity contribution in [1.82, 2.24) is 0 Å². The molecule has 0 saturated heterocycles. The van der Waals surface area contributed by atoms with Gasteiger partial charge in [-0.25, -0.2) is 0 Å². The van der Waals surface area contributed by atoms with Crippen LogP contribution in [-0.2, 0) is 12.8 Å². The Balaban J connectivity index is 2.26. The second-order valence-corrected chi connectivity index (χ2v) is 5.16. The number of rotatable bonds is 4. The van der Waals surface area contributed by atoms with Crippen LogP contribution in [0.1, 0.15) is 11.1 Å². The van der Waals surface area contributed by atoms with Crippen molar-refractivity contribution < 1.29 is 0 Å². The highest BCUT2D eigenvalue weighted by atomic mass is 14.1. The molecule has 0 bridgehead atoms. The van der Waals surface area contributed by atoms with Crippen LogP contribution in [0.2, 0.25) is 0 Å². The summed E-state index contributed by atoms with van der Waals surface area (Å²) in [6, 6.07) is 17.7. The Morgan fingerprint density at radius 2 is 1.60 bits per heavy atom. The van der Waals surface area contributed by atoms with E-state index < -0.39 is 0 Å². The first kappa shape index (κ1) is 12.7. The maximum absolute atomic E-state index is 3.85. The molecule has 0 spiro atoms. The second-order valence-electron chi connectivity index (χ2n) is 5.16. The van der Waals surface area contributed by atoms with Gasteiger partial charge >= 0.3 is 0 Å². The van der Waals surface area contributed by atoms with Gasteiger partial charge in [-0.2, -0.15) is 0 Å². The summed E-state index contributed by atoms with van der Waals surface area (Å²) in [6.07, 6.45) is 5.75. The van der Waals surface area contributed by atoms with Gasteiger partial charge in [-0.1, -0.05) is 48.6 Å². The molecule has 0 aliphatic heterocycles. The molecule has 0 saturated carbocycles. The number of allylic oxidation sites excluding steroid dienone is 2. The summed E-state index contributed by atoms with van der Waals surface area (Å²) in [5.41, 5.74) is 2.65. The number of fused-ring (bicyclic) bond motifs is 2. The Labute approximate surface area is 120 Å². The van der Waals surface area contributed by atoms with Gasteiger partial charge < -0.3 is 0 Å². The van der Waals surface area contributed by atoms with E-state index in [0.29, 0.717) is 0 Å². The zero-order valence-corrected chi connectivity index (χ0v) is 11.6. The Kier molecular flexibility index (Phi) is 3.39. The van der Waals surface area contributed by atoms with Crippen LogP contribution in [0.4, 0.5) is 0 Å². The van der Waals surface area contributed by atoms with Crippen LogP contribution in [0.3, 0.4) is 0 Å². The molecule has 98 valence electrons. The van der Waals surface area contributed by atoms with Crippen molar-refractivity contribution in [2.45, 2.75) is 12.8 Å². The van der Waals surface area contributed by atoms with E-state index in [4.69, 9.17) is 0 Å². The molecule has 0 aliphatic rings. The molecule has 3 rings (SSSR count). The predicted molar refractivity (Wildman–Crippen MR) is 89.3 cm³/mol. The molecule has 3 aromatic carbocycles. The van der Waals surface area contributed by atoms with Crippen LogP contribution in [0.5, 0.6) is 0 Å². The average molecular weight is 258 g/mol. The predicted octanol–water partition coefficient (Wildman–Crippen LogP) is 5.45. The van der Waals surface area contributed by atoms with Gasteiger partial charge in [0.15, 0.2) is 0 Å². The van der Waals surface area contributed by atoms with Crippen LogP contribution in [0, 0.1) is 0 Å². The van der Waals surface area contributed by atoms with Gasteiger partial charge in [-0.05, 0) is 57.6 Å². The normalized spacial score (nSPS) is 10.8. The number of hydrogen-bond donors (Lipinski definition) is 0. The Bertz CT molecular complexity index is 794. The molecule has 0 unspecified atom stereocenters. The van der Waals surface area contributed by atoms with Crippen molar-refractivity contribution in [3.05, 3.63) is 85.0 Å². The van der Waals surface area contributed by atoms with Crippen LogP contribution >= 0.6 is 0 Å². The highest BCUT2D eigenvalue weighted by Gasteiger charge is 2.03. The van der Waals surface area contributed by atoms with E-state index in [9.17, 15) is 0 Å². The lowest BCUT2D eigenvalue weighted by Crippen LogP contribution is -1.86. The van der Waals surface area contributed by atoms with Crippen molar-refractivity contribution in [1.29, 1.82) is 0 Å². The molecule has 0 heteroatoms. The Morgan fingerprint density at radius 1 is 0.750 bits per heavy atom. The van der Waals surface area contributed by atoms with Crippen molar-refractivity contribution in [2.75, 3.05) is 0 Å². The molecular weight excluding hydrogens is 240 g/mol. The van der Waals surface area contributed by atoms with Gasteiger partial charge in [0.2, 0.25) is 0 Å². The molecule has 0 amide bonds. The Morgan fingerprint density at radius 3 is 2.40 bits per heavy atom. The zero-order chi connectivity index (χ0) is 13.9. The Hall–Kier alpha value is -2.34. The first-order chi connectivity index (χ1) is 9.81. The van der Waals surface area contributed by atoms with E-state index in [1.165, 1.54) is 32.7 Å². The summed E-state index contributed by atoms with van der Waals surface area (Å²) >= 11 is 0. The zero-order valence-electron chi connectivity index (χ0n) is 11.6. The molecule has 0 N–H and O–H groups in total. The highest BCUT2D eigenvalue weighted by Crippen LogP contribution is 2.27. The van der Waals surface area contributed by atoms with Crippen molar-refractivity contribution in [3.8, 4) is 0 Å². The summed E-state index contributed by atoms with van der Waals surface area (Å²) in [5.74, 6) is 0. The largest absolute Gasteiger partial charge is 0.103 e. The third-order valence-corrected chi connectivity index (χ3v) is 3.74. The van der Waals surface area contributed by atoms with E-state index in [-0.39, 0.29) is 0 Å². The van der Waals surface area contributed by atoms with E-state index in [0.717, 1.165) is 12.8 Å². The number of benzene rings is 3. The molecular formula is C20H18. The smallest absolute Gasteiger partial charge is 0.00940 e. The minimum atomic E-state index is 0.912. The minimum Gasteiger partial charge on any atom is -0.103 e. The lowest BCUT2D eigenvalue weighted by molar-refractivity contribution is 1.29. The fraction of sp³-hybridized carbons (Fsp3) is 0.100. The summed E-state index contributed by atoms with van der Waals surface area (Å²) < 4.78 is 0. The molecule has 0 nitrogen and oxygen atoms in total. The molecule has 0 atom stereocenters. The molecule has 20 heavy (non-hydrogen) atoms. The van der Waals surface area contributed by atoms with Crippen LogP contribution < -0.4 is 0 Å². The van der Waals surface area contributed by atoms with Crippen molar-refractivity contribution in [2.24, 2.45) is 0 Å². The average Bonchev–Trinajstić information content (AvgIpc) is 2.46. The summed E-state index contributed by atoms with van der Waals surface area (Å²) in [7, 11) is 0. The molecule has 0 aliphatic carbocycles. The molecule has 0 aromatic heterocycles. The summed E-state index contributed by atoms with van der Waals surface area (Å²) in [6.45, 7) is 7.67. The fourth-order valence-electron chi connectivity index (χ4n) is 2.77. The molecule has 0 fully saturated rings. The highest BCUT2D eigenvalue weighted by molar-refractivity contribution is 5.99. The third kappa shape index (κ3) is 2.25. The first-order valence-electron chi connectivity index (χ1n) is 6.98. The van der Waals surface area contributed by atoms with Gasteiger partial charge in [0.25, 0.3) is 0 Å². The van der Waals surface area contributed by atoms with Crippen LogP contribution in [0.25, 0.3) is 21.5 Å². The molecule has 0 heterocycles. The SMILES string of the molecule is C=CCc1ccc2cc3cccc(CC=C)c3cc2c1. The lowest BCUT2D eigenvalue weighted by Gasteiger charge is -2.08. The van der Waals surface area contributed by atoms with Gasteiger partial charge in [0, 0.05) is 0 Å². The lowest BCUT2D eigenvalue weighted by atomic mass is 9.97. The van der Waals surface area contributed by atoms with Crippen molar-refractivity contribution >= 4 is 21.5 Å². The topological polar surface area (TPSA) is 0 Å². The van der Waals surface area contributed by atoms with Gasteiger partial charge in [0.1, 0.15) is 0 Å². The van der Waals surface area contributed by atoms with Gasteiger partial charge in [-0.15, -0.1) is 13.2 Å². The monoisotopic (exact) mass is 258 g/mol. The van der Waals surface area contributed by atoms with E-state index in [2.05, 4.69) is 61.7 Å². The second kappa shape index (κ2) is 5.34. The quantitative estimate of drug-likeness (QED) is 0.431. The number of hydrogen-bond acceptors (Lipinski definition) is 0. The fourth-order valence-corrected chi connectivity index (χ4v) is 2.77. The standard InChI is InChI=1S/C20H18/c1-3-6-15-10-11-17-13-18-9-5-8-16(7-4-2)20(18)14-19(17)12-15/h3-5,8-14H,1-2,6-7H2. The van der Waals surface area contributed by atoms with E-state index >= 15 is 0 Å². The van der Waals surface area contributed by atoms with Crippen LogP contribution in [0.15, 0.2) is 73.8 Å². The molecule has 3 aromatic rings. The first-order valence-corrected chi connectivity index (χ1v) is 6.98. The minimum absolute atomic E-state index is 0.912. The van der Waals surface area contributed by atoms with E-state index in [1.807, 2.05) is 12.2 Å². The maximum atomic E-state index is 3.85. The van der Waals surface area contributed by atoms with Gasteiger partial charge in [-0.3, -0.25) is 0 Å². The summed E-state index contributed by atoms with van der Waals surface area (Å²) in [5, 5.41) is 5.22. The van der Waals surface area contributed by atoms with Crippen LogP contribution in [-0.4, -0.2) is 0 Å². The third-order valence-electron chi connectivity index (χ3n) is 3.74. The maximum Gasteiger partial charge on any atom is -0.00940 e. The van der Waals surface area contributed by atoms with Gasteiger partial charge in [0.05, 0.1) is 0 Å². The van der Waals surface area contributed by atoms with E-state index in [1.54, 1.807) is 0 Å².